The third kappa shape index (κ3) is 4.84. The molecule has 6 nitrogen and oxygen atoms in total. The van der Waals surface area contributed by atoms with Gasteiger partial charge in [0.05, 0.1) is 21.3 Å². The first-order valence-electron chi connectivity index (χ1n) is 8.72. The molecule has 1 aliphatic heterocycles. The van der Waals surface area contributed by atoms with Crippen LogP contribution in [0.2, 0.25) is 5.02 Å². The predicted octanol–water partition coefficient (Wildman–Crippen LogP) is 5.62. The number of carbonyl (C=O) groups excluding carboxylic acids is 1. The first-order valence-corrected chi connectivity index (χ1v) is 9.97. The van der Waals surface area contributed by atoms with Gasteiger partial charge < -0.3 is 20.5 Å². The van der Waals surface area contributed by atoms with E-state index in [1.54, 1.807) is 30.6 Å². The van der Waals surface area contributed by atoms with E-state index < -0.39 is 17.6 Å². The van der Waals surface area contributed by atoms with Gasteiger partial charge in [-0.25, -0.2) is 13.6 Å². The van der Waals surface area contributed by atoms with E-state index in [0.717, 1.165) is 0 Å². The molecule has 10 heteroatoms. The van der Waals surface area contributed by atoms with Gasteiger partial charge in [-0.2, -0.15) is 0 Å². The number of fused-ring (bicyclic) bond motifs is 1. The minimum Gasteiger partial charge on any atom is -0.478 e. The molecule has 0 saturated carbocycles. The Morgan fingerprint density at radius 3 is 2.68 bits per heavy atom. The van der Waals surface area contributed by atoms with Crippen molar-refractivity contribution in [3.8, 4) is 16.2 Å². The lowest BCUT2D eigenvalue weighted by atomic mass is 10.1. The summed E-state index contributed by atoms with van der Waals surface area (Å²) in [6, 6.07) is 8.74. The fourth-order valence-corrected chi connectivity index (χ4v) is 3.85. The molecule has 2 heterocycles. The van der Waals surface area contributed by atoms with Crippen LogP contribution in [0.5, 0.6) is 5.75 Å². The van der Waals surface area contributed by atoms with E-state index in [9.17, 15) is 23.5 Å². The van der Waals surface area contributed by atoms with Crippen LogP contribution in [0.1, 0.15) is 10.4 Å². The molecule has 2 aromatic carbocycles. The Labute approximate surface area is 184 Å². The molecule has 0 fully saturated rings. The molecular formula is C21H15ClF2N2O4S. The van der Waals surface area contributed by atoms with Crippen LogP contribution in [-0.2, 0) is 4.79 Å². The molecule has 0 aliphatic carbocycles. The molecule has 3 N–H and O–H groups in total. The Balaban J connectivity index is 0.000000185. The first-order chi connectivity index (χ1) is 14.8. The highest BCUT2D eigenvalue weighted by Crippen LogP contribution is 2.37. The standard InChI is InChI=1S/C12H9ClFNO2S.C9H6FNO2/c1-15-9-5-18-11(10(9)12(16)17)6-2-3-7(13)8(14)4-6;10-7-2-1-3-8-9(7)13-6(5-12)4-11-8/h2-5,15H,1H3,(H,16,17);1-5,11H. The summed E-state index contributed by atoms with van der Waals surface area (Å²) >= 11 is 6.85. The number of aromatic carboxylic acids is 1. The summed E-state index contributed by atoms with van der Waals surface area (Å²) in [7, 11) is 1.64. The van der Waals surface area contributed by atoms with Crippen molar-refractivity contribution < 1.29 is 28.2 Å². The van der Waals surface area contributed by atoms with E-state index in [2.05, 4.69) is 10.6 Å². The zero-order valence-electron chi connectivity index (χ0n) is 15.9. The second-order valence-electron chi connectivity index (χ2n) is 6.07. The third-order valence-electron chi connectivity index (χ3n) is 4.13. The molecule has 0 radical (unpaired) electrons. The number of benzene rings is 2. The molecule has 4 rings (SSSR count). The van der Waals surface area contributed by atoms with Gasteiger partial charge in [-0.1, -0.05) is 23.7 Å². The first kappa shape index (κ1) is 22.3. The van der Waals surface area contributed by atoms with Gasteiger partial charge in [0.2, 0.25) is 0 Å². The molecule has 0 spiro atoms. The van der Waals surface area contributed by atoms with Crippen molar-refractivity contribution in [2.75, 3.05) is 17.7 Å². The molecule has 3 aromatic rings. The number of rotatable bonds is 4. The highest BCUT2D eigenvalue weighted by molar-refractivity contribution is 7.14. The second-order valence-corrected chi connectivity index (χ2v) is 7.35. The molecule has 31 heavy (non-hydrogen) atoms. The number of allylic oxidation sites excluding steroid dienone is 1. The summed E-state index contributed by atoms with van der Waals surface area (Å²) in [5.74, 6) is -1.97. The normalized spacial score (nSPS) is 11.7. The Kier molecular flexibility index (Phi) is 6.88. The van der Waals surface area contributed by atoms with Crippen LogP contribution in [0.4, 0.5) is 20.2 Å². The van der Waals surface area contributed by atoms with Crippen LogP contribution < -0.4 is 15.4 Å². The van der Waals surface area contributed by atoms with Gasteiger partial charge in [-0.05, 0) is 29.8 Å². The molecule has 0 bridgehead atoms. The number of carboxylic acid groups (broad SMARTS) is 1. The predicted molar refractivity (Wildman–Crippen MR) is 116 cm³/mol. The fraction of sp³-hybridized carbons (Fsp3) is 0.0476. The van der Waals surface area contributed by atoms with E-state index in [0.29, 0.717) is 28.1 Å². The monoisotopic (exact) mass is 464 g/mol. The van der Waals surface area contributed by atoms with Crippen molar-refractivity contribution in [1.29, 1.82) is 0 Å². The molecular weight excluding hydrogens is 450 g/mol. The van der Waals surface area contributed by atoms with E-state index in [1.165, 1.54) is 35.7 Å². The molecule has 160 valence electrons. The van der Waals surface area contributed by atoms with Gasteiger partial charge in [0, 0.05) is 18.6 Å². The molecule has 1 aromatic heterocycles. The van der Waals surface area contributed by atoms with Crippen LogP contribution >= 0.6 is 22.9 Å². The lowest BCUT2D eigenvalue weighted by Crippen LogP contribution is -2.09. The summed E-state index contributed by atoms with van der Waals surface area (Å²) in [5.41, 5.74) is 1.67. The zero-order valence-corrected chi connectivity index (χ0v) is 17.5. The van der Waals surface area contributed by atoms with Crippen molar-refractivity contribution in [2.24, 2.45) is 0 Å². The minimum atomic E-state index is -1.05. The van der Waals surface area contributed by atoms with Crippen molar-refractivity contribution in [3.63, 3.8) is 0 Å². The maximum absolute atomic E-state index is 13.4. The van der Waals surface area contributed by atoms with E-state index in [4.69, 9.17) is 16.3 Å². The number of carbonyl (C=O) groups is 2. The number of para-hydroxylation sites is 1. The summed E-state index contributed by atoms with van der Waals surface area (Å²) in [5, 5.41) is 16.4. The van der Waals surface area contributed by atoms with Crippen LogP contribution in [0.25, 0.3) is 10.4 Å². The van der Waals surface area contributed by atoms with Crippen molar-refractivity contribution in [1.82, 2.24) is 0 Å². The Hall–Kier alpha value is -3.43. The van der Waals surface area contributed by atoms with Gasteiger partial charge in [0.25, 0.3) is 0 Å². The second kappa shape index (κ2) is 9.59. The van der Waals surface area contributed by atoms with Crippen LogP contribution in [0.3, 0.4) is 0 Å². The number of ether oxygens (including phenoxy) is 1. The molecule has 1 aliphatic rings. The molecule has 0 unspecified atom stereocenters. The number of carboxylic acids is 1. The Morgan fingerprint density at radius 2 is 2.03 bits per heavy atom. The fourth-order valence-electron chi connectivity index (χ4n) is 2.68. The van der Waals surface area contributed by atoms with Crippen LogP contribution in [0.15, 0.2) is 53.7 Å². The number of hydrogen-bond donors (Lipinski definition) is 3. The topological polar surface area (TPSA) is 87.7 Å². The number of anilines is 2. The van der Waals surface area contributed by atoms with Gasteiger partial charge in [-0.15, -0.1) is 11.3 Å². The van der Waals surface area contributed by atoms with Crippen LogP contribution in [-0.4, -0.2) is 24.4 Å². The smallest absolute Gasteiger partial charge is 0.339 e. The van der Waals surface area contributed by atoms with Gasteiger partial charge >= 0.3 is 5.97 Å². The highest BCUT2D eigenvalue weighted by atomic mass is 35.5. The molecule has 0 amide bonds. The van der Waals surface area contributed by atoms with Crippen molar-refractivity contribution in [2.45, 2.75) is 0 Å². The Bertz CT molecular complexity index is 1180. The SMILES string of the molecule is CNc1csc(-c2ccc(Cl)c(F)c2)c1C(=O)O.O=CC1=CNc2cccc(F)c2O1. The average Bonchev–Trinajstić information content (AvgIpc) is 3.21. The summed E-state index contributed by atoms with van der Waals surface area (Å²) in [6.45, 7) is 0. The minimum absolute atomic E-state index is 0.0148. The Morgan fingerprint density at radius 1 is 1.26 bits per heavy atom. The van der Waals surface area contributed by atoms with E-state index in [1.807, 2.05) is 0 Å². The summed E-state index contributed by atoms with van der Waals surface area (Å²) in [6.07, 6.45) is 1.90. The largest absolute Gasteiger partial charge is 0.478 e. The van der Waals surface area contributed by atoms with E-state index >= 15 is 0 Å². The number of hydrogen-bond acceptors (Lipinski definition) is 6. The van der Waals surface area contributed by atoms with Crippen molar-refractivity contribution >= 4 is 46.6 Å². The molecule has 0 saturated heterocycles. The zero-order chi connectivity index (χ0) is 22.5. The maximum Gasteiger partial charge on any atom is 0.339 e. The molecule has 0 atom stereocenters. The number of aldehydes is 1. The number of nitrogens with one attached hydrogen (secondary N) is 2. The lowest BCUT2D eigenvalue weighted by molar-refractivity contribution is -0.106. The summed E-state index contributed by atoms with van der Waals surface area (Å²) < 4.78 is 31.4. The van der Waals surface area contributed by atoms with Gasteiger partial charge in [-0.3, -0.25) is 4.79 Å². The van der Waals surface area contributed by atoms with Gasteiger partial charge in [0.1, 0.15) is 11.4 Å². The van der Waals surface area contributed by atoms with Gasteiger partial charge in [0.15, 0.2) is 23.6 Å². The number of thiophene rings is 1. The summed E-state index contributed by atoms with van der Waals surface area (Å²) in [4.78, 5) is 22.1. The highest BCUT2D eigenvalue weighted by Gasteiger charge is 2.19. The van der Waals surface area contributed by atoms with Crippen molar-refractivity contribution in [3.05, 3.63) is 76.0 Å². The third-order valence-corrected chi connectivity index (χ3v) is 5.46. The van der Waals surface area contributed by atoms with Crippen LogP contribution in [0, 0.1) is 11.6 Å². The maximum atomic E-state index is 13.4. The lowest BCUT2D eigenvalue weighted by Gasteiger charge is -2.16. The average molecular weight is 465 g/mol. The van der Waals surface area contributed by atoms with E-state index in [-0.39, 0.29) is 22.1 Å². The number of halogens is 3. The quantitative estimate of drug-likeness (QED) is 0.434.